The lowest BCUT2D eigenvalue weighted by molar-refractivity contribution is -0.0710. The van der Waals surface area contributed by atoms with Crippen LogP contribution in [0.4, 0.5) is 0 Å². The van der Waals surface area contributed by atoms with Gasteiger partial charge in [-0.2, -0.15) is 11.8 Å². The molecule has 0 amide bonds. The van der Waals surface area contributed by atoms with E-state index in [0.29, 0.717) is 11.5 Å². The average molecular weight is 287 g/mol. The fourth-order valence-electron chi connectivity index (χ4n) is 2.95. The van der Waals surface area contributed by atoms with E-state index < -0.39 is 0 Å². The largest absolute Gasteiger partial charge is 0.385 e. The van der Waals surface area contributed by atoms with Crippen molar-refractivity contribution < 1.29 is 9.47 Å². The molecule has 2 fully saturated rings. The second kappa shape index (κ2) is 6.79. The van der Waals surface area contributed by atoms with E-state index in [-0.39, 0.29) is 5.60 Å². The van der Waals surface area contributed by atoms with Gasteiger partial charge in [0.25, 0.3) is 0 Å². The molecule has 2 aliphatic heterocycles. The molecule has 0 aromatic rings. The van der Waals surface area contributed by atoms with Crippen molar-refractivity contribution in [1.29, 1.82) is 0 Å². The van der Waals surface area contributed by atoms with E-state index in [1.807, 2.05) is 11.8 Å². The number of nitrogens with one attached hydrogen (secondary N) is 1. The summed E-state index contributed by atoms with van der Waals surface area (Å²) >= 11 is 2.05. The first kappa shape index (κ1) is 15.6. The lowest BCUT2D eigenvalue weighted by Crippen LogP contribution is -2.49. The van der Waals surface area contributed by atoms with Gasteiger partial charge in [-0.15, -0.1) is 0 Å². The van der Waals surface area contributed by atoms with Crippen LogP contribution in [0.15, 0.2) is 0 Å². The molecular formula is C15H29NO2S. The van der Waals surface area contributed by atoms with E-state index in [1.54, 1.807) is 7.11 Å². The Morgan fingerprint density at radius 1 is 1.47 bits per heavy atom. The molecule has 0 bridgehead atoms. The minimum atomic E-state index is 0.192. The second-order valence-electron chi connectivity index (χ2n) is 6.81. The Bertz CT molecular complexity index is 277. The number of hydrogen-bond donors (Lipinski definition) is 1. The van der Waals surface area contributed by atoms with Crippen LogP contribution in [0.3, 0.4) is 0 Å². The molecule has 0 aromatic heterocycles. The molecule has 112 valence electrons. The molecule has 2 atom stereocenters. The fourth-order valence-corrected chi connectivity index (χ4v) is 4.33. The van der Waals surface area contributed by atoms with Gasteiger partial charge < -0.3 is 14.8 Å². The van der Waals surface area contributed by atoms with Crippen molar-refractivity contribution in [2.75, 3.05) is 38.4 Å². The number of thioether (sulfide) groups is 1. The van der Waals surface area contributed by atoms with Crippen molar-refractivity contribution in [2.45, 2.75) is 51.2 Å². The Balaban J connectivity index is 1.76. The van der Waals surface area contributed by atoms with Crippen molar-refractivity contribution >= 4 is 11.8 Å². The van der Waals surface area contributed by atoms with Gasteiger partial charge in [0.15, 0.2) is 0 Å². The molecule has 2 saturated heterocycles. The van der Waals surface area contributed by atoms with Crippen molar-refractivity contribution in [2.24, 2.45) is 5.41 Å². The molecule has 0 aliphatic carbocycles. The topological polar surface area (TPSA) is 30.5 Å². The smallest absolute Gasteiger partial charge is 0.0795 e. The van der Waals surface area contributed by atoms with Crippen LogP contribution in [0, 0.1) is 5.41 Å². The molecule has 2 aliphatic rings. The molecular weight excluding hydrogens is 258 g/mol. The standard InChI is InChI=1S/C15H29NO2S/c1-14(2,5-8-17-3)11-16-13-4-7-18-15(10-13)6-9-19-12-15/h13,16H,4-12H2,1-3H3. The van der Waals surface area contributed by atoms with E-state index in [1.165, 1.54) is 24.3 Å². The molecule has 0 aromatic carbocycles. The summed E-state index contributed by atoms with van der Waals surface area (Å²) in [6.07, 6.45) is 4.71. The lowest BCUT2D eigenvalue weighted by atomic mass is 9.86. The van der Waals surface area contributed by atoms with Crippen molar-refractivity contribution in [1.82, 2.24) is 5.32 Å². The van der Waals surface area contributed by atoms with Crippen molar-refractivity contribution in [3.63, 3.8) is 0 Å². The summed E-state index contributed by atoms with van der Waals surface area (Å²) in [6, 6.07) is 0.634. The summed E-state index contributed by atoms with van der Waals surface area (Å²) in [5.74, 6) is 2.46. The maximum absolute atomic E-state index is 6.07. The summed E-state index contributed by atoms with van der Waals surface area (Å²) < 4.78 is 11.3. The summed E-state index contributed by atoms with van der Waals surface area (Å²) in [4.78, 5) is 0. The van der Waals surface area contributed by atoms with Crippen LogP contribution in [0.1, 0.15) is 39.5 Å². The van der Waals surface area contributed by atoms with E-state index in [4.69, 9.17) is 9.47 Å². The predicted octanol–water partition coefficient (Wildman–Crippen LogP) is 2.69. The normalized spacial score (nSPS) is 32.1. The first-order chi connectivity index (χ1) is 9.05. The van der Waals surface area contributed by atoms with Gasteiger partial charge in [0.1, 0.15) is 0 Å². The quantitative estimate of drug-likeness (QED) is 0.813. The Hall–Kier alpha value is 0.230. The van der Waals surface area contributed by atoms with E-state index in [2.05, 4.69) is 19.2 Å². The van der Waals surface area contributed by atoms with Crippen molar-refractivity contribution in [3.8, 4) is 0 Å². The number of hydrogen-bond acceptors (Lipinski definition) is 4. The number of methoxy groups -OCH3 is 1. The highest BCUT2D eigenvalue weighted by Gasteiger charge is 2.40. The van der Waals surface area contributed by atoms with Gasteiger partial charge in [-0.05, 0) is 36.9 Å². The molecule has 1 spiro atoms. The maximum Gasteiger partial charge on any atom is 0.0795 e. The van der Waals surface area contributed by atoms with Crippen LogP contribution < -0.4 is 5.32 Å². The summed E-state index contributed by atoms with van der Waals surface area (Å²) in [5, 5.41) is 3.78. The summed E-state index contributed by atoms with van der Waals surface area (Å²) in [7, 11) is 1.78. The first-order valence-corrected chi connectivity index (χ1v) is 8.65. The third-order valence-electron chi connectivity index (χ3n) is 4.41. The Morgan fingerprint density at radius 2 is 2.32 bits per heavy atom. The zero-order chi connectivity index (χ0) is 13.8. The molecule has 2 heterocycles. The molecule has 19 heavy (non-hydrogen) atoms. The summed E-state index contributed by atoms with van der Waals surface area (Å²) in [5.41, 5.74) is 0.503. The van der Waals surface area contributed by atoms with Gasteiger partial charge in [0.2, 0.25) is 0 Å². The van der Waals surface area contributed by atoms with Crippen LogP contribution in [-0.2, 0) is 9.47 Å². The van der Waals surface area contributed by atoms with Gasteiger partial charge >= 0.3 is 0 Å². The molecule has 2 rings (SSSR count). The Morgan fingerprint density at radius 3 is 3.00 bits per heavy atom. The molecule has 2 unspecified atom stereocenters. The zero-order valence-corrected chi connectivity index (χ0v) is 13.5. The SMILES string of the molecule is COCCC(C)(C)CNC1CCOC2(CCSC2)C1. The molecule has 1 N–H and O–H groups in total. The number of ether oxygens (including phenoxy) is 2. The van der Waals surface area contributed by atoms with Gasteiger partial charge in [-0.25, -0.2) is 0 Å². The Labute approximate surface area is 122 Å². The van der Waals surface area contributed by atoms with Gasteiger partial charge in [0.05, 0.1) is 5.60 Å². The van der Waals surface area contributed by atoms with E-state index in [0.717, 1.165) is 32.6 Å². The van der Waals surface area contributed by atoms with Crippen molar-refractivity contribution in [3.05, 3.63) is 0 Å². The van der Waals surface area contributed by atoms with E-state index in [9.17, 15) is 0 Å². The van der Waals surface area contributed by atoms with Crippen LogP contribution in [0.5, 0.6) is 0 Å². The highest BCUT2D eigenvalue weighted by molar-refractivity contribution is 7.99. The first-order valence-electron chi connectivity index (χ1n) is 7.49. The molecule has 3 nitrogen and oxygen atoms in total. The Kier molecular flexibility index (Phi) is 5.58. The minimum Gasteiger partial charge on any atom is -0.385 e. The average Bonchev–Trinajstić information content (AvgIpc) is 2.82. The van der Waals surface area contributed by atoms with Crippen LogP contribution >= 0.6 is 11.8 Å². The monoisotopic (exact) mass is 287 g/mol. The second-order valence-corrected chi connectivity index (χ2v) is 7.92. The number of rotatable bonds is 6. The predicted molar refractivity (Wildman–Crippen MR) is 81.9 cm³/mol. The summed E-state index contributed by atoms with van der Waals surface area (Å²) in [6.45, 7) is 7.49. The third-order valence-corrected chi connectivity index (χ3v) is 5.64. The van der Waals surface area contributed by atoms with Crippen LogP contribution in [-0.4, -0.2) is 50.0 Å². The highest BCUT2D eigenvalue weighted by Crippen LogP contribution is 2.38. The molecule has 0 saturated carbocycles. The van der Waals surface area contributed by atoms with Gasteiger partial charge in [-0.3, -0.25) is 0 Å². The molecule has 4 heteroatoms. The minimum absolute atomic E-state index is 0.192. The van der Waals surface area contributed by atoms with Crippen LogP contribution in [0.25, 0.3) is 0 Å². The zero-order valence-electron chi connectivity index (χ0n) is 12.7. The van der Waals surface area contributed by atoms with E-state index >= 15 is 0 Å². The van der Waals surface area contributed by atoms with Gasteiger partial charge in [0, 0.05) is 38.7 Å². The fraction of sp³-hybridized carbons (Fsp3) is 1.00. The maximum atomic E-state index is 6.07. The highest BCUT2D eigenvalue weighted by atomic mass is 32.2. The molecule has 0 radical (unpaired) electrons. The van der Waals surface area contributed by atoms with Crippen LogP contribution in [0.2, 0.25) is 0 Å². The lowest BCUT2D eigenvalue weighted by Gasteiger charge is -2.39. The third kappa shape index (κ3) is 4.62. The van der Waals surface area contributed by atoms with Gasteiger partial charge in [-0.1, -0.05) is 13.8 Å².